The number of nitrogens with zero attached hydrogens (tertiary/aromatic N) is 1. The van der Waals surface area contributed by atoms with Gasteiger partial charge < -0.3 is 15.4 Å². The molecule has 17 heavy (non-hydrogen) atoms. The monoisotopic (exact) mass is 234 g/mol. The van der Waals surface area contributed by atoms with Crippen LogP contribution in [0.15, 0.2) is 24.3 Å². The predicted molar refractivity (Wildman–Crippen MR) is 66.7 cm³/mol. The van der Waals surface area contributed by atoms with Crippen molar-refractivity contribution in [2.75, 3.05) is 12.3 Å². The van der Waals surface area contributed by atoms with Crippen LogP contribution in [0.25, 0.3) is 0 Å². The molecule has 4 heteroatoms. The summed E-state index contributed by atoms with van der Waals surface area (Å²) in [6, 6.07) is 7.88. The van der Waals surface area contributed by atoms with Gasteiger partial charge in [0, 0.05) is 18.2 Å². The third-order valence-electron chi connectivity index (χ3n) is 2.94. The van der Waals surface area contributed by atoms with Crippen molar-refractivity contribution in [2.24, 2.45) is 0 Å². The lowest BCUT2D eigenvalue weighted by Crippen LogP contribution is -2.32. The lowest BCUT2D eigenvalue weighted by Gasteiger charge is -2.16. The van der Waals surface area contributed by atoms with E-state index in [4.69, 9.17) is 10.5 Å². The van der Waals surface area contributed by atoms with Crippen molar-refractivity contribution in [2.45, 2.75) is 32.4 Å². The molecule has 0 aromatic heterocycles. The molecule has 1 atom stereocenters. The molecule has 1 unspecified atom stereocenters. The molecule has 0 radical (unpaired) electrons. The summed E-state index contributed by atoms with van der Waals surface area (Å²) in [6.07, 6.45) is 0.445. The molecule has 92 valence electrons. The van der Waals surface area contributed by atoms with Gasteiger partial charge in [0.15, 0.2) is 0 Å². The van der Waals surface area contributed by atoms with Crippen LogP contribution >= 0.6 is 0 Å². The molecule has 1 aromatic rings. The van der Waals surface area contributed by atoms with Crippen LogP contribution in [0, 0.1) is 0 Å². The van der Waals surface area contributed by atoms with E-state index < -0.39 is 0 Å². The highest BCUT2D eigenvalue weighted by Crippen LogP contribution is 2.18. The maximum Gasteiger partial charge on any atom is 0.410 e. The van der Waals surface area contributed by atoms with Gasteiger partial charge in [0.2, 0.25) is 0 Å². The second-order valence-corrected chi connectivity index (χ2v) is 4.70. The van der Waals surface area contributed by atoms with E-state index in [0.29, 0.717) is 6.54 Å². The van der Waals surface area contributed by atoms with Crippen molar-refractivity contribution in [3.63, 3.8) is 0 Å². The molecule has 2 N–H and O–H groups in total. The van der Waals surface area contributed by atoms with E-state index in [1.807, 2.05) is 38.1 Å². The number of carbonyl (C=O) groups is 1. The first kappa shape index (κ1) is 11.8. The van der Waals surface area contributed by atoms with Crippen LogP contribution < -0.4 is 5.73 Å². The number of cyclic esters (lactones) is 1. The average Bonchev–Trinajstić information content (AvgIpc) is 2.59. The fraction of sp³-hybridized carbons (Fsp3) is 0.462. The number of rotatable bonds is 3. The summed E-state index contributed by atoms with van der Waals surface area (Å²) in [6.45, 7) is 4.64. The number of carbonyl (C=O) groups excluding carboxylic acids is 1. The van der Waals surface area contributed by atoms with Gasteiger partial charge in [-0.05, 0) is 31.5 Å². The summed E-state index contributed by atoms with van der Waals surface area (Å²) < 4.78 is 5.33. The van der Waals surface area contributed by atoms with E-state index in [0.717, 1.165) is 17.7 Å². The molecule has 0 saturated carbocycles. The number of anilines is 1. The molecular formula is C13H18N2O2. The third-order valence-corrected chi connectivity index (χ3v) is 2.94. The van der Waals surface area contributed by atoms with Gasteiger partial charge in [0.25, 0.3) is 0 Å². The number of hydrogen-bond acceptors (Lipinski definition) is 3. The zero-order valence-electron chi connectivity index (χ0n) is 10.2. The Kier molecular flexibility index (Phi) is 3.22. The quantitative estimate of drug-likeness (QED) is 0.814. The second-order valence-electron chi connectivity index (χ2n) is 4.70. The fourth-order valence-corrected chi connectivity index (χ4v) is 2.05. The van der Waals surface area contributed by atoms with Gasteiger partial charge in [0.05, 0.1) is 6.54 Å². The smallest absolute Gasteiger partial charge is 0.410 e. The number of amides is 1. The first-order valence-electron chi connectivity index (χ1n) is 5.88. The summed E-state index contributed by atoms with van der Waals surface area (Å²) in [4.78, 5) is 13.3. The highest BCUT2D eigenvalue weighted by Gasteiger charge is 2.32. The van der Waals surface area contributed by atoms with Crippen LogP contribution in [-0.2, 0) is 11.2 Å². The standard InChI is InChI=1S/C13H18N2O2/c1-9(2)15-8-12(17-13(15)16)7-10-4-3-5-11(14)6-10/h3-6,9,12H,7-8,14H2,1-2H3. The van der Waals surface area contributed by atoms with Gasteiger partial charge in [0.1, 0.15) is 6.10 Å². The zero-order chi connectivity index (χ0) is 12.4. The fourth-order valence-electron chi connectivity index (χ4n) is 2.05. The first-order valence-corrected chi connectivity index (χ1v) is 5.88. The molecule has 1 fully saturated rings. The summed E-state index contributed by atoms with van der Waals surface area (Å²) in [5.74, 6) is 0. The lowest BCUT2D eigenvalue weighted by molar-refractivity contribution is 0.129. The Balaban J connectivity index is 2.00. The summed E-state index contributed by atoms with van der Waals surface area (Å²) in [5.41, 5.74) is 7.57. The number of nitrogens with two attached hydrogens (primary N) is 1. The molecule has 1 aliphatic rings. The highest BCUT2D eigenvalue weighted by atomic mass is 16.6. The highest BCUT2D eigenvalue weighted by molar-refractivity contribution is 5.70. The summed E-state index contributed by atoms with van der Waals surface area (Å²) in [7, 11) is 0. The maximum absolute atomic E-state index is 11.6. The van der Waals surface area contributed by atoms with Crippen LogP contribution in [0.3, 0.4) is 0 Å². The van der Waals surface area contributed by atoms with Crippen LogP contribution in [0.5, 0.6) is 0 Å². The summed E-state index contributed by atoms with van der Waals surface area (Å²) in [5, 5.41) is 0. The minimum absolute atomic E-state index is 0.0632. The summed E-state index contributed by atoms with van der Waals surface area (Å²) >= 11 is 0. The molecule has 1 aromatic carbocycles. The Morgan fingerprint density at radius 2 is 2.29 bits per heavy atom. The number of hydrogen-bond donors (Lipinski definition) is 1. The molecule has 0 spiro atoms. The minimum atomic E-state index is -0.214. The van der Waals surface area contributed by atoms with Crippen molar-refractivity contribution < 1.29 is 9.53 Å². The molecule has 1 aliphatic heterocycles. The van der Waals surface area contributed by atoms with E-state index in [-0.39, 0.29) is 18.2 Å². The van der Waals surface area contributed by atoms with Crippen LogP contribution in [0.4, 0.5) is 10.5 Å². The van der Waals surface area contributed by atoms with Crippen LogP contribution in [0.2, 0.25) is 0 Å². The van der Waals surface area contributed by atoms with Crippen molar-refractivity contribution in [3.05, 3.63) is 29.8 Å². The third kappa shape index (κ3) is 2.70. The molecule has 0 bridgehead atoms. The maximum atomic E-state index is 11.6. The van der Waals surface area contributed by atoms with E-state index in [2.05, 4.69) is 0 Å². The van der Waals surface area contributed by atoms with Gasteiger partial charge in [-0.2, -0.15) is 0 Å². The van der Waals surface area contributed by atoms with E-state index in [1.54, 1.807) is 4.90 Å². The van der Waals surface area contributed by atoms with E-state index in [1.165, 1.54) is 0 Å². The largest absolute Gasteiger partial charge is 0.444 e. The Morgan fingerprint density at radius 3 is 2.88 bits per heavy atom. The van der Waals surface area contributed by atoms with Crippen molar-refractivity contribution in [3.8, 4) is 0 Å². The second kappa shape index (κ2) is 4.65. The number of nitrogen functional groups attached to an aromatic ring is 1. The molecule has 1 heterocycles. The van der Waals surface area contributed by atoms with Gasteiger partial charge >= 0.3 is 6.09 Å². The van der Waals surface area contributed by atoms with Gasteiger partial charge in [-0.3, -0.25) is 0 Å². The predicted octanol–water partition coefficient (Wildman–Crippen LogP) is 2.04. The molecule has 1 saturated heterocycles. The minimum Gasteiger partial charge on any atom is -0.444 e. The van der Waals surface area contributed by atoms with Gasteiger partial charge in [-0.1, -0.05) is 12.1 Å². The van der Waals surface area contributed by atoms with E-state index >= 15 is 0 Å². The van der Waals surface area contributed by atoms with Crippen molar-refractivity contribution >= 4 is 11.8 Å². The molecule has 0 aliphatic carbocycles. The Hall–Kier alpha value is -1.71. The average molecular weight is 234 g/mol. The van der Waals surface area contributed by atoms with Crippen molar-refractivity contribution in [1.82, 2.24) is 4.90 Å². The lowest BCUT2D eigenvalue weighted by atomic mass is 10.1. The Bertz CT molecular complexity index is 418. The first-order chi connectivity index (χ1) is 8.06. The topological polar surface area (TPSA) is 55.6 Å². The molecule has 2 rings (SSSR count). The van der Waals surface area contributed by atoms with Crippen molar-refractivity contribution in [1.29, 1.82) is 0 Å². The van der Waals surface area contributed by atoms with Crippen LogP contribution in [-0.4, -0.2) is 29.7 Å². The zero-order valence-corrected chi connectivity index (χ0v) is 10.2. The Labute approximate surface area is 101 Å². The molecule has 4 nitrogen and oxygen atoms in total. The molecular weight excluding hydrogens is 216 g/mol. The number of benzene rings is 1. The SMILES string of the molecule is CC(C)N1CC(Cc2cccc(N)c2)OC1=O. The normalized spacial score (nSPS) is 19.8. The van der Waals surface area contributed by atoms with Gasteiger partial charge in [-0.15, -0.1) is 0 Å². The van der Waals surface area contributed by atoms with Gasteiger partial charge in [-0.25, -0.2) is 4.79 Å². The number of ether oxygens (including phenoxy) is 1. The van der Waals surface area contributed by atoms with Crippen LogP contribution in [0.1, 0.15) is 19.4 Å². The molecule has 1 amide bonds. The van der Waals surface area contributed by atoms with E-state index in [9.17, 15) is 4.79 Å². The Morgan fingerprint density at radius 1 is 1.53 bits per heavy atom.